The molecule has 0 aliphatic heterocycles. The van der Waals surface area contributed by atoms with Crippen LogP contribution in [0.4, 0.5) is 0 Å². The lowest BCUT2D eigenvalue weighted by molar-refractivity contribution is 0.696. The second-order valence-corrected chi connectivity index (χ2v) is 4.11. The van der Waals surface area contributed by atoms with Crippen LogP contribution >= 0.6 is 0 Å². The van der Waals surface area contributed by atoms with Crippen molar-refractivity contribution < 1.29 is 0 Å². The van der Waals surface area contributed by atoms with Crippen molar-refractivity contribution in [1.82, 2.24) is 0 Å². The third-order valence-electron chi connectivity index (χ3n) is 2.62. The summed E-state index contributed by atoms with van der Waals surface area (Å²) in [4.78, 5) is 0. The molecule has 0 rings (SSSR count). The van der Waals surface area contributed by atoms with Crippen molar-refractivity contribution in [3.8, 4) is 0 Å². The normalized spacial score (nSPS) is 14.5. The van der Waals surface area contributed by atoms with E-state index in [0.717, 1.165) is 12.8 Å². The maximum atomic E-state index is 3.75. The van der Waals surface area contributed by atoms with E-state index in [-0.39, 0.29) is 0 Å². The van der Waals surface area contributed by atoms with Crippen molar-refractivity contribution in [3.05, 3.63) is 36.5 Å². The molecule has 0 radical (unpaired) electrons. The first-order valence-electron chi connectivity index (χ1n) is 6.22. The van der Waals surface area contributed by atoms with Gasteiger partial charge in [0.1, 0.15) is 0 Å². The molecule has 0 heteroatoms. The molecule has 0 saturated carbocycles. The van der Waals surface area contributed by atoms with Gasteiger partial charge in [-0.1, -0.05) is 57.1 Å². The Morgan fingerprint density at radius 3 is 2.60 bits per heavy atom. The minimum Gasteiger partial charge on any atom is -0.103 e. The minimum atomic E-state index is 0.699. The summed E-state index contributed by atoms with van der Waals surface area (Å²) in [7, 11) is 0. The molecule has 0 aromatic rings. The number of unbranched alkanes of at least 4 members (excludes halogenated alkanes) is 1. The number of allylic oxidation sites excluding steroid dienone is 5. The Morgan fingerprint density at radius 1 is 1.33 bits per heavy atom. The molecule has 0 amide bonds. The van der Waals surface area contributed by atoms with Gasteiger partial charge in [-0.3, -0.25) is 0 Å². The van der Waals surface area contributed by atoms with Crippen LogP contribution in [0, 0.1) is 5.92 Å². The highest BCUT2D eigenvalue weighted by atomic mass is 14.0. The summed E-state index contributed by atoms with van der Waals surface area (Å²) in [5, 5.41) is 0. The van der Waals surface area contributed by atoms with Crippen LogP contribution in [0.15, 0.2) is 36.5 Å². The van der Waals surface area contributed by atoms with Gasteiger partial charge in [0, 0.05) is 0 Å². The molecule has 0 N–H and O–H groups in total. The highest BCUT2D eigenvalue weighted by molar-refractivity contribution is 5.19. The van der Waals surface area contributed by atoms with Gasteiger partial charge in [0.25, 0.3) is 0 Å². The molecule has 86 valence electrons. The zero-order valence-electron chi connectivity index (χ0n) is 10.6. The summed E-state index contributed by atoms with van der Waals surface area (Å²) in [6.07, 6.45) is 14.9. The highest BCUT2D eigenvalue weighted by Crippen LogP contribution is 2.13. The lowest BCUT2D eigenvalue weighted by atomic mass is 10.0. The van der Waals surface area contributed by atoms with Crippen LogP contribution in [0.1, 0.15) is 52.9 Å². The van der Waals surface area contributed by atoms with Crippen molar-refractivity contribution in [2.24, 2.45) is 5.92 Å². The van der Waals surface area contributed by atoms with Gasteiger partial charge in [0.15, 0.2) is 0 Å². The van der Waals surface area contributed by atoms with E-state index in [2.05, 4.69) is 45.6 Å². The summed E-state index contributed by atoms with van der Waals surface area (Å²) in [6.45, 7) is 10.5. The van der Waals surface area contributed by atoms with E-state index in [9.17, 15) is 0 Å². The van der Waals surface area contributed by atoms with Gasteiger partial charge in [-0.15, -0.1) is 6.58 Å². The van der Waals surface area contributed by atoms with Gasteiger partial charge in [0.2, 0.25) is 0 Å². The molecule has 15 heavy (non-hydrogen) atoms. The molecule has 0 bridgehead atoms. The number of hydrogen-bond acceptors (Lipinski definition) is 0. The molecule has 1 atom stereocenters. The van der Waals surface area contributed by atoms with Gasteiger partial charge < -0.3 is 0 Å². The fourth-order valence-electron chi connectivity index (χ4n) is 1.39. The Bertz CT molecular complexity index is 208. The molecule has 0 nitrogen and oxygen atoms in total. The van der Waals surface area contributed by atoms with Gasteiger partial charge >= 0.3 is 0 Å². The Labute approximate surface area is 95.8 Å². The van der Waals surface area contributed by atoms with Crippen LogP contribution in [0.2, 0.25) is 0 Å². The average Bonchev–Trinajstić information content (AvgIpc) is 2.25. The van der Waals surface area contributed by atoms with Crippen LogP contribution < -0.4 is 0 Å². The third-order valence-corrected chi connectivity index (χ3v) is 2.62. The number of rotatable bonds is 8. The Hall–Kier alpha value is -0.780. The van der Waals surface area contributed by atoms with Gasteiger partial charge in [-0.05, 0) is 31.6 Å². The topological polar surface area (TPSA) is 0 Å². The van der Waals surface area contributed by atoms with Crippen LogP contribution in [0.3, 0.4) is 0 Å². The quantitative estimate of drug-likeness (QED) is 0.288. The van der Waals surface area contributed by atoms with Gasteiger partial charge in [0.05, 0.1) is 0 Å². The van der Waals surface area contributed by atoms with Crippen molar-refractivity contribution in [2.45, 2.75) is 52.9 Å². The smallest absolute Gasteiger partial charge is 0.0261 e. The molecule has 0 aliphatic rings. The first-order valence-corrected chi connectivity index (χ1v) is 6.22. The highest BCUT2D eigenvalue weighted by Gasteiger charge is 1.94. The van der Waals surface area contributed by atoms with Crippen molar-refractivity contribution in [1.29, 1.82) is 0 Å². The molecule has 0 saturated heterocycles. The first-order chi connectivity index (χ1) is 7.24. The predicted octanol–water partition coefficient (Wildman–Crippen LogP) is 5.28. The van der Waals surface area contributed by atoms with Crippen LogP contribution in [-0.4, -0.2) is 0 Å². The molecule has 0 aliphatic carbocycles. The second kappa shape index (κ2) is 9.76. The predicted molar refractivity (Wildman–Crippen MR) is 71.0 cm³/mol. The van der Waals surface area contributed by atoms with Crippen LogP contribution in [0.25, 0.3) is 0 Å². The average molecular weight is 206 g/mol. The van der Waals surface area contributed by atoms with E-state index >= 15 is 0 Å². The lowest BCUT2D eigenvalue weighted by Crippen LogP contribution is -1.86. The maximum Gasteiger partial charge on any atom is -0.0261 e. The standard InChI is InChI=1S/C15H26/c1-5-8-9-11-15(10-6-2)13-12-14(4)7-3/h5,10,12-14H,1,6-9,11H2,2-4H3. The molecular weight excluding hydrogens is 180 g/mol. The van der Waals surface area contributed by atoms with E-state index in [4.69, 9.17) is 0 Å². The van der Waals surface area contributed by atoms with Crippen molar-refractivity contribution in [3.63, 3.8) is 0 Å². The van der Waals surface area contributed by atoms with Crippen molar-refractivity contribution in [2.75, 3.05) is 0 Å². The van der Waals surface area contributed by atoms with E-state index in [0.29, 0.717) is 5.92 Å². The number of hydrogen-bond donors (Lipinski definition) is 0. The second-order valence-electron chi connectivity index (χ2n) is 4.11. The third kappa shape index (κ3) is 8.23. The summed E-state index contributed by atoms with van der Waals surface area (Å²) >= 11 is 0. The van der Waals surface area contributed by atoms with Gasteiger partial charge in [-0.25, -0.2) is 0 Å². The van der Waals surface area contributed by atoms with Gasteiger partial charge in [-0.2, -0.15) is 0 Å². The summed E-state index contributed by atoms with van der Waals surface area (Å²) in [5.74, 6) is 0.699. The Kier molecular flexibility index (Phi) is 9.26. The zero-order valence-corrected chi connectivity index (χ0v) is 10.6. The van der Waals surface area contributed by atoms with E-state index in [1.165, 1.54) is 24.8 Å². The largest absolute Gasteiger partial charge is 0.103 e. The monoisotopic (exact) mass is 206 g/mol. The molecule has 0 aromatic carbocycles. The summed E-state index contributed by atoms with van der Waals surface area (Å²) in [5.41, 5.74) is 1.49. The first kappa shape index (κ1) is 14.2. The fourth-order valence-corrected chi connectivity index (χ4v) is 1.39. The van der Waals surface area contributed by atoms with Crippen molar-refractivity contribution >= 4 is 0 Å². The molecule has 0 heterocycles. The molecule has 0 fully saturated rings. The Morgan fingerprint density at radius 2 is 2.07 bits per heavy atom. The van der Waals surface area contributed by atoms with E-state index in [1.54, 1.807) is 0 Å². The lowest BCUT2D eigenvalue weighted by Gasteiger charge is -2.03. The fraction of sp³-hybridized carbons (Fsp3) is 0.600. The van der Waals surface area contributed by atoms with E-state index < -0.39 is 0 Å². The Balaban J connectivity index is 4.09. The minimum absolute atomic E-state index is 0.699. The van der Waals surface area contributed by atoms with Crippen LogP contribution in [0.5, 0.6) is 0 Å². The summed E-state index contributed by atoms with van der Waals surface area (Å²) < 4.78 is 0. The zero-order chi connectivity index (χ0) is 11.5. The summed E-state index contributed by atoms with van der Waals surface area (Å²) in [6, 6.07) is 0. The SMILES string of the molecule is C=CCCCC(C=CC(C)CC)=CCC. The molecule has 0 spiro atoms. The molecule has 1 unspecified atom stereocenters. The van der Waals surface area contributed by atoms with Crippen LogP contribution in [-0.2, 0) is 0 Å². The van der Waals surface area contributed by atoms with E-state index in [1.807, 2.05) is 6.08 Å². The molecule has 0 aromatic heterocycles. The molecular formula is C15H26. The maximum absolute atomic E-state index is 3.75.